The zero-order valence-electron chi connectivity index (χ0n) is 11.7. The second-order valence-corrected chi connectivity index (χ2v) is 6.66. The fourth-order valence-corrected chi connectivity index (χ4v) is 3.79. The molecule has 0 amide bonds. The molecule has 4 heteroatoms. The third kappa shape index (κ3) is 2.27. The van der Waals surface area contributed by atoms with E-state index in [1.54, 1.807) is 0 Å². The fourth-order valence-electron chi connectivity index (χ4n) is 3.39. The van der Waals surface area contributed by atoms with Crippen molar-refractivity contribution in [3.8, 4) is 5.75 Å². The van der Waals surface area contributed by atoms with Crippen LogP contribution >= 0.6 is 15.9 Å². The van der Waals surface area contributed by atoms with E-state index in [1.807, 2.05) is 24.3 Å². The molecule has 0 bridgehead atoms. The fraction of sp³-hybridized carbons (Fsp3) is 0.294. The summed E-state index contributed by atoms with van der Waals surface area (Å²) >= 11 is 3.52. The van der Waals surface area contributed by atoms with Gasteiger partial charge in [0.1, 0.15) is 11.9 Å². The molecule has 2 aromatic carbocycles. The van der Waals surface area contributed by atoms with Crippen LogP contribution in [0.1, 0.15) is 11.1 Å². The standard InChI is InChI=1S/C17H17BrN2O/c18-13-4-5-16-12(8-13)9-14(21-16)10-20-7-6-11-2-1-3-15(19)17(11)20/h1-5,8,14H,6-7,9-10,19H2. The van der Waals surface area contributed by atoms with Gasteiger partial charge in [-0.1, -0.05) is 28.1 Å². The molecule has 0 aromatic heterocycles. The number of hydrogen-bond acceptors (Lipinski definition) is 3. The molecule has 21 heavy (non-hydrogen) atoms. The van der Waals surface area contributed by atoms with Crippen LogP contribution in [0.3, 0.4) is 0 Å². The average molecular weight is 345 g/mol. The summed E-state index contributed by atoms with van der Waals surface area (Å²) in [6, 6.07) is 12.4. The van der Waals surface area contributed by atoms with E-state index in [4.69, 9.17) is 10.5 Å². The van der Waals surface area contributed by atoms with E-state index in [1.165, 1.54) is 16.8 Å². The predicted molar refractivity (Wildman–Crippen MR) is 89.0 cm³/mol. The Morgan fingerprint density at radius 2 is 2.14 bits per heavy atom. The first-order valence-corrected chi connectivity index (χ1v) is 8.07. The van der Waals surface area contributed by atoms with Gasteiger partial charge in [0, 0.05) is 17.4 Å². The number of para-hydroxylation sites is 1. The molecular weight excluding hydrogens is 328 g/mol. The summed E-state index contributed by atoms with van der Waals surface area (Å²) in [4.78, 5) is 2.37. The molecule has 2 aliphatic rings. The highest BCUT2D eigenvalue weighted by Crippen LogP contribution is 2.36. The molecule has 2 heterocycles. The second-order valence-electron chi connectivity index (χ2n) is 5.75. The third-order valence-electron chi connectivity index (χ3n) is 4.31. The second kappa shape index (κ2) is 4.95. The number of fused-ring (bicyclic) bond motifs is 2. The SMILES string of the molecule is Nc1cccc2c1N(CC1Cc3cc(Br)ccc3O1)CC2. The molecule has 1 atom stereocenters. The first-order chi connectivity index (χ1) is 10.2. The largest absolute Gasteiger partial charge is 0.488 e. The van der Waals surface area contributed by atoms with Crippen molar-refractivity contribution in [3.05, 3.63) is 52.0 Å². The Bertz CT molecular complexity index is 701. The highest BCUT2D eigenvalue weighted by Gasteiger charge is 2.28. The van der Waals surface area contributed by atoms with E-state index in [0.717, 1.165) is 41.8 Å². The summed E-state index contributed by atoms with van der Waals surface area (Å²) in [5.74, 6) is 1.02. The summed E-state index contributed by atoms with van der Waals surface area (Å²) in [6.07, 6.45) is 2.25. The molecule has 2 N–H and O–H groups in total. The van der Waals surface area contributed by atoms with E-state index in [0.29, 0.717) is 0 Å². The number of hydrogen-bond donors (Lipinski definition) is 1. The van der Waals surface area contributed by atoms with Crippen LogP contribution in [0.25, 0.3) is 0 Å². The lowest BCUT2D eigenvalue weighted by molar-refractivity contribution is 0.238. The van der Waals surface area contributed by atoms with Gasteiger partial charge in [0.15, 0.2) is 0 Å². The predicted octanol–water partition coefficient (Wildman–Crippen LogP) is 3.40. The maximum absolute atomic E-state index is 6.15. The number of ether oxygens (including phenoxy) is 1. The smallest absolute Gasteiger partial charge is 0.123 e. The Hall–Kier alpha value is -1.68. The van der Waals surface area contributed by atoms with Crippen LogP contribution < -0.4 is 15.4 Å². The molecule has 0 fully saturated rings. The van der Waals surface area contributed by atoms with Gasteiger partial charge in [0.2, 0.25) is 0 Å². The Morgan fingerprint density at radius 3 is 3.05 bits per heavy atom. The Labute approximate surface area is 132 Å². The van der Waals surface area contributed by atoms with Crippen LogP contribution in [0.4, 0.5) is 11.4 Å². The van der Waals surface area contributed by atoms with Gasteiger partial charge in [0.05, 0.1) is 17.9 Å². The number of anilines is 2. The normalized spacial score (nSPS) is 19.3. The maximum atomic E-state index is 6.15. The maximum Gasteiger partial charge on any atom is 0.123 e. The van der Waals surface area contributed by atoms with E-state index in [-0.39, 0.29) is 6.10 Å². The molecule has 3 nitrogen and oxygen atoms in total. The van der Waals surface area contributed by atoms with E-state index >= 15 is 0 Å². The lowest BCUT2D eigenvalue weighted by Gasteiger charge is -2.24. The number of benzene rings is 2. The topological polar surface area (TPSA) is 38.5 Å². The van der Waals surface area contributed by atoms with Gasteiger partial charge in [-0.15, -0.1) is 0 Å². The Kier molecular flexibility index (Phi) is 3.07. The minimum absolute atomic E-state index is 0.208. The molecule has 0 saturated carbocycles. The minimum atomic E-state index is 0.208. The van der Waals surface area contributed by atoms with Gasteiger partial charge >= 0.3 is 0 Å². The molecule has 0 spiro atoms. The molecule has 0 saturated heterocycles. The zero-order chi connectivity index (χ0) is 14.4. The van der Waals surface area contributed by atoms with Crippen molar-refractivity contribution in [2.24, 2.45) is 0 Å². The molecule has 4 rings (SSSR count). The van der Waals surface area contributed by atoms with E-state index in [9.17, 15) is 0 Å². The van der Waals surface area contributed by atoms with Gasteiger partial charge in [-0.2, -0.15) is 0 Å². The average Bonchev–Trinajstić information content (AvgIpc) is 3.03. The number of nitrogen functional groups attached to an aromatic ring is 1. The van der Waals surface area contributed by atoms with Crippen LogP contribution in [-0.2, 0) is 12.8 Å². The Morgan fingerprint density at radius 1 is 1.24 bits per heavy atom. The van der Waals surface area contributed by atoms with Gasteiger partial charge in [-0.25, -0.2) is 0 Å². The molecule has 1 unspecified atom stereocenters. The van der Waals surface area contributed by atoms with E-state index < -0.39 is 0 Å². The minimum Gasteiger partial charge on any atom is -0.488 e. The Balaban J connectivity index is 1.53. The van der Waals surface area contributed by atoms with Crippen molar-refractivity contribution in [2.75, 3.05) is 23.7 Å². The van der Waals surface area contributed by atoms with Crippen molar-refractivity contribution in [1.82, 2.24) is 0 Å². The van der Waals surface area contributed by atoms with E-state index in [2.05, 4.69) is 33.0 Å². The molecule has 2 aliphatic heterocycles. The highest BCUT2D eigenvalue weighted by atomic mass is 79.9. The molecule has 2 aromatic rings. The van der Waals surface area contributed by atoms with Crippen molar-refractivity contribution < 1.29 is 4.74 Å². The monoisotopic (exact) mass is 344 g/mol. The number of halogens is 1. The van der Waals surface area contributed by atoms with Crippen molar-refractivity contribution in [1.29, 1.82) is 0 Å². The molecule has 0 radical (unpaired) electrons. The lowest BCUT2D eigenvalue weighted by atomic mass is 10.1. The summed E-state index contributed by atoms with van der Waals surface area (Å²) < 4.78 is 7.19. The summed E-state index contributed by atoms with van der Waals surface area (Å²) in [7, 11) is 0. The third-order valence-corrected chi connectivity index (χ3v) is 4.80. The van der Waals surface area contributed by atoms with Crippen molar-refractivity contribution >= 4 is 27.3 Å². The molecule has 108 valence electrons. The molecule has 0 aliphatic carbocycles. The summed E-state index contributed by atoms with van der Waals surface area (Å²) in [6.45, 7) is 1.93. The number of nitrogens with two attached hydrogens (primary N) is 1. The van der Waals surface area contributed by atoms with Gasteiger partial charge < -0.3 is 15.4 Å². The number of nitrogens with zero attached hydrogens (tertiary/aromatic N) is 1. The lowest BCUT2D eigenvalue weighted by Crippen LogP contribution is -2.34. The number of rotatable bonds is 2. The summed E-state index contributed by atoms with van der Waals surface area (Å²) in [5, 5.41) is 0. The van der Waals surface area contributed by atoms with Crippen molar-refractivity contribution in [3.63, 3.8) is 0 Å². The van der Waals surface area contributed by atoms with Crippen LogP contribution in [0.5, 0.6) is 5.75 Å². The first-order valence-electron chi connectivity index (χ1n) is 7.28. The van der Waals surface area contributed by atoms with Crippen LogP contribution in [0, 0.1) is 0 Å². The highest BCUT2D eigenvalue weighted by molar-refractivity contribution is 9.10. The van der Waals surface area contributed by atoms with Gasteiger partial charge in [-0.05, 0) is 41.8 Å². The van der Waals surface area contributed by atoms with Crippen LogP contribution in [-0.4, -0.2) is 19.2 Å². The summed E-state index contributed by atoms with van der Waals surface area (Å²) in [5.41, 5.74) is 10.9. The first kappa shape index (κ1) is 13.0. The van der Waals surface area contributed by atoms with Crippen molar-refractivity contribution in [2.45, 2.75) is 18.9 Å². The van der Waals surface area contributed by atoms with Gasteiger partial charge in [0.25, 0.3) is 0 Å². The van der Waals surface area contributed by atoms with Crippen LogP contribution in [0.2, 0.25) is 0 Å². The van der Waals surface area contributed by atoms with Gasteiger partial charge in [-0.3, -0.25) is 0 Å². The quantitative estimate of drug-likeness (QED) is 0.848. The zero-order valence-corrected chi connectivity index (χ0v) is 13.3. The van der Waals surface area contributed by atoms with Crippen LogP contribution in [0.15, 0.2) is 40.9 Å². The molecular formula is C17H17BrN2O.